The van der Waals surface area contributed by atoms with Crippen molar-refractivity contribution < 1.29 is 14.3 Å². The summed E-state index contributed by atoms with van der Waals surface area (Å²) < 4.78 is 11.7. The van der Waals surface area contributed by atoms with Crippen LogP contribution >= 0.6 is 0 Å². The molecular weight excluding hydrogens is 398 g/mol. The number of piperidine rings is 1. The normalized spacial score (nSPS) is 19.9. The fraction of sp³-hybridized carbons (Fsp3) is 0.536. The number of ketones is 1. The van der Waals surface area contributed by atoms with Crippen molar-refractivity contribution in [2.24, 2.45) is 5.92 Å². The monoisotopic (exact) mass is 437 g/mol. The minimum absolute atomic E-state index is 0.175. The predicted molar refractivity (Wildman–Crippen MR) is 130 cm³/mol. The summed E-state index contributed by atoms with van der Waals surface area (Å²) in [7, 11) is 1.69. The van der Waals surface area contributed by atoms with E-state index in [1.54, 1.807) is 7.11 Å². The van der Waals surface area contributed by atoms with Crippen LogP contribution < -0.4 is 9.47 Å². The molecule has 2 heterocycles. The Hall–Kier alpha value is -2.33. The fourth-order valence-electron chi connectivity index (χ4n) is 4.57. The van der Waals surface area contributed by atoms with E-state index in [2.05, 4.69) is 49.9 Å². The summed E-state index contributed by atoms with van der Waals surface area (Å²) in [6.07, 6.45) is 6.32. The Kier molecular flexibility index (Phi) is 9.16. The van der Waals surface area contributed by atoms with E-state index in [-0.39, 0.29) is 12.0 Å². The summed E-state index contributed by atoms with van der Waals surface area (Å²) in [6, 6.07) is 14.5. The molecule has 32 heavy (non-hydrogen) atoms. The molecule has 4 nitrogen and oxygen atoms in total. The number of hydrogen-bond acceptors (Lipinski definition) is 4. The molecule has 2 aliphatic heterocycles. The van der Waals surface area contributed by atoms with Crippen LogP contribution in [-0.4, -0.2) is 30.9 Å². The molecule has 0 radical (unpaired) electrons. The Morgan fingerprint density at radius 1 is 1.00 bits per heavy atom. The summed E-state index contributed by atoms with van der Waals surface area (Å²) in [4.78, 5) is 15.2. The quantitative estimate of drug-likeness (QED) is 0.504. The third kappa shape index (κ3) is 5.92. The maximum Gasteiger partial charge on any atom is 0.162 e. The fourth-order valence-corrected chi connectivity index (χ4v) is 4.57. The third-order valence-electron chi connectivity index (χ3n) is 6.57. The topological polar surface area (TPSA) is 38.8 Å². The second-order valence-electron chi connectivity index (χ2n) is 8.89. The third-order valence-corrected chi connectivity index (χ3v) is 6.57. The predicted octanol–water partition coefficient (Wildman–Crippen LogP) is 6.37. The number of ether oxygens (including phenoxy) is 2. The number of Topliss-reactive ketones (excluding diaryl/α,β-unsaturated/α-hetero) is 1. The first-order valence-electron chi connectivity index (χ1n) is 12.2. The molecule has 0 aliphatic carbocycles. The van der Waals surface area contributed by atoms with Gasteiger partial charge in [0.05, 0.1) is 7.11 Å². The van der Waals surface area contributed by atoms with Crippen LogP contribution in [0.4, 0.5) is 0 Å². The van der Waals surface area contributed by atoms with Gasteiger partial charge in [-0.15, -0.1) is 0 Å². The lowest BCUT2D eigenvalue weighted by Crippen LogP contribution is -2.46. The van der Waals surface area contributed by atoms with Gasteiger partial charge >= 0.3 is 0 Å². The van der Waals surface area contributed by atoms with E-state index in [4.69, 9.17) is 9.47 Å². The van der Waals surface area contributed by atoms with Crippen molar-refractivity contribution in [1.29, 1.82) is 0 Å². The van der Waals surface area contributed by atoms with Crippen LogP contribution in [0.15, 0.2) is 42.5 Å². The van der Waals surface area contributed by atoms with Crippen molar-refractivity contribution in [2.75, 3.05) is 20.2 Å². The number of nitrogens with zero attached hydrogens (tertiary/aromatic N) is 1. The standard InChI is InChI=1S/C24H29NO3.C4H10/c1-3-7-19-15-25-11-10-18-12-23(27-2)24(13-20(18)21(25)14-22(19)26)28-16-17-8-5-4-6-9-17;1-3-4-2/h4-6,8-9,12-13,19,21H,3,7,10-11,14-16H2,1-2H3;3-4H2,1-2H3/t19-,21+;/m0./s1. The van der Waals surface area contributed by atoms with Crippen LogP contribution in [0.25, 0.3) is 0 Å². The van der Waals surface area contributed by atoms with Gasteiger partial charge in [0.25, 0.3) is 0 Å². The van der Waals surface area contributed by atoms with Gasteiger partial charge < -0.3 is 9.47 Å². The number of carbonyl (C=O) groups is 1. The van der Waals surface area contributed by atoms with Crippen LogP contribution in [0.1, 0.15) is 75.6 Å². The van der Waals surface area contributed by atoms with Gasteiger partial charge in [0.1, 0.15) is 12.4 Å². The summed E-state index contributed by atoms with van der Waals surface area (Å²) in [5, 5.41) is 0. The molecule has 0 spiro atoms. The second-order valence-corrected chi connectivity index (χ2v) is 8.89. The van der Waals surface area contributed by atoms with Gasteiger partial charge in [-0.1, -0.05) is 70.4 Å². The molecule has 1 saturated heterocycles. The Morgan fingerprint density at radius 2 is 1.75 bits per heavy atom. The highest BCUT2D eigenvalue weighted by atomic mass is 16.5. The van der Waals surface area contributed by atoms with Gasteiger partial charge in [-0.05, 0) is 41.7 Å². The van der Waals surface area contributed by atoms with Gasteiger partial charge in [0, 0.05) is 31.5 Å². The Bertz CT molecular complexity index is 862. The number of rotatable bonds is 7. The molecule has 2 aliphatic rings. The molecule has 0 unspecified atom stereocenters. The zero-order chi connectivity index (χ0) is 22.9. The first-order chi connectivity index (χ1) is 15.6. The van der Waals surface area contributed by atoms with Gasteiger partial charge in [-0.25, -0.2) is 0 Å². The molecule has 4 rings (SSSR count). The smallest absolute Gasteiger partial charge is 0.162 e. The molecule has 2 atom stereocenters. The molecule has 0 saturated carbocycles. The summed E-state index contributed by atoms with van der Waals surface area (Å²) >= 11 is 0. The molecule has 0 amide bonds. The molecule has 0 N–H and O–H groups in total. The zero-order valence-electron chi connectivity index (χ0n) is 20.2. The maximum atomic E-state index is 12.7. The average Bonchev–Trinajstić information content (AvgIpc) is 2.83. The molecule has 0 aromatic heterocycles. The lowest BCUT2D eigenvalue weighted by atomic mass is 9.81. The average molecular weight is 438 g/mol. The highest BCUT2D eigenvalue weighted by molar-refractivity contribution is 5.83. The van der Waals surface area contributed by atoms with E-state index in [0.29, 0.717) is 18.8 Å². The molecular formula is C28H39NO3. The molecule has 0 bridgehead atoms. The molecule has 2 aromatic carbocycles. The largest absolute Gasteiger partial charge is 0.493 e. The van der Waals surface area contributed by atoms with Crippen molar-refractivity contribution in [2.45, 2.75) is 71.9 Å². The van der Waals surface area contributed by atoms with Crippen LogP contribution in [0.2, 0.25) is 0 Å². The Labute approximate surface area is 193 Å². The van der Waals surface area contributed by atoms with E-state index in [1.807, 2.05) is 18.2 Å². The first-order valence-corrected chi connectivity index (χ1v) is 12.2. The summed E-state index contributed by atoms with van der Waals surface area (Å²) in [5.41, 5.74) is 3.64. The van der Waals surface area contributed by atoms with Crippen molar-refractivity contribution in [1.82, 2.24) is 4.90 Å². The Balaban J connectivity index is 0.000000668. The van der Waals surface area contributed by atoms with E-state index < -0.39 is 0 Å². The molecule has 174 valence electrons. The van der Waals surface area contributed by atoms with Crippen LogP contribution in [0.5, 0.6) is 11.5 Å². The van der Waals surface area contributed by atoms with E-state index >= 15 is 0 Å². The second kappa shape index (κ2) is 12.1. The van der Waals surface area contributed by atoms with Crippen molar-refractivity contribution in [3.63, 3.8) is 0 Å². The maximum absolute atomic E-state index is 12.7. The minimum atomic E-state index is 0.175. The van der Waals surface area contributed by atoms with Crippen LogP contribution in [0.3, 0.4) is 0 Å². The van der Waals surface area contributed by atoms with Gasteiger partial charge in [0.15, 0.2) is 11.5 Å². The summed E-state index contributed by atoms with van der Waals surface area (Å²) in [5.74, 6) is 2.15. The van der Waals surface area contributed by atoms with Crippen LogP contribution in [-0.2, 0) is 17.8 Å². The molecule has 1 fully saturated rings. The summed E-state index contributed by atoms with van der Waals surface area (Å²) in [6.45, 7) is 8.93. The minimum Gasteiger partial charge on any atom is -0.493 e. The van der Waals surface area contributed by atoms with Gasteiger partial charge in [0.2, 0.25) is 0 Å². The Morgan fingerprint density at radius 3 is 2.41 bits per heavy atom. The van der Waals surface area contributed by atoms with E-state index in [9.17, 15) is 4.79 Å². The number of fused-ring (bicyclic) bond motifs is 3. The highest BCUT2D eigenvalue weighted by Gasteiger charge is 2.38. The number of carbonyl (C=O) groups excluding carboxylic acids is 1. The number of methoxy groups -OCH3 is 1. The molecule has 4 heteroatoms. The number of unbranched alkanes of at least 4 members (excludes halogenated alkanes) is 1. The number of benzene rings is 2. The van der Waals surface area contributed by atoms with Crippen molar-refractivity contribution in [3.8, 4) is 11.5 Å². The molecule has 2 aromatic rings. The highest BCUT2D eigenvalue weighted by Crippen LogP contribution is 2.42. The van der Waals surface area contributed by atoms with Gasteiger partial charge in [-0.3, -0.25) is 9.69 Å². The first kappa shape index (κ1) is 24.3. The van der Waals surface area contributed by atoms with Crippen LogP contribution in [0, 0.1) is 5.92 Å². The lowest BCUT2D eigenvalue weighted by molar-refractivity contribution is -0.129. The van der Waals surface area contributed by atoms with E-state index in [0.717, 1.165) is 49.4 Å². The number of hydrogen-bond donors (Lipinski definition) is 0. The zero-order valence-corrected chi connectivity index (χ0v) is 20.2. The van der Waals surface area contributed by atoms with Crippen molar-refractivity contribution >= 4 is 5.78 Å². The van der Waals surface area contributed by atoms with Gasteiger partial charge in [-0.2, -0.15) is 0 Å². The SMILES string of the molecule is CCCC.CCC[C@H]1CN2CCc3cc(OC)c(OCc4ccccc4)cc3[C@H]2CC1=O. The lowest BCUT2D eigenvalue weighted by Gasteiger charge is -2.43. The van der Waals surface area contributed by atoms with E-state index in [1.165, 1.54) is 24.0 Å². The van der Waals surface area contributed by atoms with Crippen molar-refractivity contribution in [3.05, 3.63) is 59.2 Å².